The lowest BCUT2D eigenvalue weighted by Gasteiger charge is -2.21. The highest BCUT2D eigenvalue weighted by molar-refractivity contribution is 7.89. The van der Waals surface area contributed by atoms with Crippen molar-refractivity contribution < 1.29 is 22.3 Å². The molecular formula is C14H21F2NO3S. The number of nitrogens with zero attached hydrogens (tertiary/aromatic N) is 1. The maximum absolute atomic E-state index is 12.5. The van der Waals surface area contributed by atoms with Crippen molar-refractivity contribution in [2.75, 3.05) is 19.7 Å². The lowest BCUT2D eigenvalue weighted by atomic mass is 10.0. The van der Waals surface area contributed by atoms with Crippen molar-refractivity contribution in [3.63, 3.8) is 0 Å². The van der Waals surface area contributed by atoms with Crippen LogP contribution in [-0.2, 0) is 16.4 Å². The molecule has 120 valence electrons. The van der Waals surface area contributed by atoms with Gasteiger partial charge in [0.15, 0.2) is 0 Å². The quantitative estimate of drug-likeness (QED) is 0.798. The van der Waals surface area contributed by atoms with Crippen LogP contribution in [0.4, 0.5) is 8.78 Å². The first kappa shape index (κ1) is 18.0. The van der Waals surface area contributed by atoms with Gasteiger partial charge in [0.05, 0.1) is 18.0 Å². The Kier molecular flexibility index (Phi) is 6.70. The zero-order valence-corrected chi connectivity index (χ0v) is 13.0. The van der Waals surface area contributed by atoms with E-state index in [1.54, 1.807) is 12.1 Å². The van der Waals surface area contributed by atoms with Gasteiger partial charge in [-0.15, -0.1) is 0 Å². The van der Waals surface area contributed by atoms with Gasteiger partial charge in [0, 0.05) is 6.54 Å². The lowest BCUT2D eigenvalue weighted by molar-refractivity contribution is 0.113. The van der Waals surface area contributed by atoms with E-state index in [1.807, 2.05) is 0 Å². The molecule has 1 aromatic rings. The summed E-state index contributed by atoms with van der Waals surface area (Å²) in [6, 6.07) is 6.21. The number of rotatable bonds is 8. The van der Waals surface area contributed by atoms with Crippen LogP contribution >= 0.6 is 0 Å². The molecule has 0 aromatic heterocycles. The van der Waals surface area contributed by atoms with Gasteiger partial charge in [-0.25, -0.2) is 17.2 Å². The van der Waals surface area contributed by atoms with E-state index in [4.69, 9.17) is 5.11 Å². The predicted octanol–water partition coefficient (Wildman–Crippen LogP) is 2.13. The third-order valence-corrected chi connectivity index (χ3v) is 4.78. The standard InChI is InChI=1S/C14H21F2NO3S/c1-11(2)9-12-3-5-13(6-4-12)21(19,20)17(7-8-18)10-14(15)16/h3-6,11,14,18H,7-10H2,1-2H3. The monoisotopic (exact) mass is 321 g/mol. The van der Waals surface area contributed by atoms with Gasteiger partial charge in [-0.2, -0.15) is 4.31 Å². The van der Waals surface area contributed by atoms with Gasteiger partial charge in [-0.3, -0.25) is 0 Å². The molecule has 0 aliphatic heterocycles. The predicted molar refractivity (Wildman–Crippen MR) is 76.8 cm³/mol. The van der Waals surface area contributed by atoms with Crippen LogP contribution in [0.2, 0.25) is 0 Å². The fourth-order valence-corrected chi connectivity index (χ4v) is 3.40. The van der Waals surface area contributed by atoms with E-state index in [9.17, 15) is 17.2 Å². The average Bonchev–Trinajstić information content (AvgIpc) is 2.37. The number of sulfonamides is 1. The van der Waals surface area contributed by atoms with Crippen LogP contribution in [0.5, 0.6) is 0 Å². The second-order valence-electron chi connectivity index (χ2n) is 5.22. The van der Waals surface area contributed by atoms with Gasteiger partial charge >= 0.3 is 0 Å². The lowest BCUT2D eigenvalue weighted by Crippen LogP contribution is -2.37. The highest BCUT2D eigenvalue weighted by Crippen LogP contribution is 2.18. The van der Waals surface area contributed by atoms with E-state index in [1.165, 1.54) is 12.1 Å². The van der Waals surface area contributed by atoms with E-state index in [2.05, 4.69) is 13.8 Å². The van der Waals surface area contributed by atoms with Crippen molar-refractivity contribution in [3.8, 4) is 0 Å². The number of aliphatic hydroxyl groups is 1. The summed E-state index contributed by atoms with van der Waals surface area (Å²) < 4.78 is 50.1. The van der Waals surface area contributed by atoms with Gasteiger partial charge in [-0.05, 0) is 30.0 Å². The summed E-state index contributed by atoms with van der Waals surface area (Å²) in [6.45, 7) is 2.33. The molecule has 7 heteroatoms. The first-order chi connectivity index (χ1) is 9.77. The van der Waals surface area contributed by atoms with Gasteiger partial charge in [-0.1, -0.05) is 26.0 Å². The fourth-order valence-electron chi connectivity index (χ4n) is 1.99. The van der Waals surface area contributed by atoms with Crippen molar-refractivity contribution in [1.29, 1.82) is 0 Å². The highest BCUT2D eigenvalue weighted by atomic mass is 32.2. The number of hydrogen-bond donors (Lipinski definition) is 1. The Balaban J connectivity index is 2.99. The molecule has 1 N–H and O–H groups in total. The number of aliphatic hydroxyl groups excluding tert-OH is 1. The molecule has 0 saturated carbocycles. The molecule has 0 unspecified atom stereocenters. The molecule has 0 fully saturated rings. The van der Waals surface area contributed by atoms with Crippen molar-refractivity contribution in [2.24, 2.45) is 5.92 Å². The summed E-state index contributed by atoms with van der Waals surface area (Å²) in [5, 5.41) is 8.85. The molecule has 0 radical (unpaired) electrons. The van der Waals surface area contributed by atoms with Crippen molar-refractivity contribution in [1.82, 2.24) is 4.31 Å². The van der Waals surface area contributed by atoms with Gasteiger partial charge in [0.25, 0.3) is 6.43 Å². The Bertz CT molecular complexity index is 530. The zero-order chi connectivity index (χ0) is 16.0. The number of alkyl halides is 2. The average molecular weight is 321 g/mol. The van der Waals surface area contributed by atoms with Crippen molar-refractivity contribution in [2.45, 2.75) is 31.6 Å². The van der Waals surface area contributed by atoms with E-state index >= 15 is 0 Å². The highest BCUT2D eigenvalue weighted by Gasteiger charge is 2.26. The molecule has 0 aliphatic carbocycles. The van der Waals surface area contributed by atoms with Crippen LogP contribution in [-0.4, -0.2) is 44.0 Å². The minimum atomic E-state index is -4.01. The van der Waals surface area contributed by atoms with Crippen molar-refractivity contribution in [3.05, 3.63) is 29.8 Å². The Hall–Kier alpha value is -1.05. The molecule has 0 saturated heterocycles. The molecule has 0 atom stereocenters. The van der Waals surface area contributed by atoms with Crippen LogP contribution in [0.3, 0.4) is 0 Å². The molecule has 1 aromatic carbocycles. The van der Waals surface area contributed by atoms with E-state index in [0.717, 1.165) is 12.0 Å². The second kappa shape index (κ2) is 7.82. The maximum Gasteiger partial charge on any atom is 0.252 e. The smallest absolute Gasteiger partial charge is 0.252 e. The van der Waals surface area contributed by atoms with Gasteiger partial charge < -0.3 is 5.11 Å². The summed E-state index contributed by atoms with van der Waals surface area (Å²) >= 11 is 0. The molecule has 4 nitrogen and oxygen atoms in total. The first-order valence-electron chi connectivity index (χ1n) is 6.75. The molecule has 21 heavy (non-hydrogen) atoms. The van der Waals surface area contributed by atoms with Crippen LogP contribution in [0, 0.1) is 5.92 Å². The molecule has 0 bridgehead atoms. The normalized spacial score (nSPS) is 12.6. The maximum atomic E-state index is 12.5. The number of benzene rings is 1. The number of hydrogen-bond acceptors (Lipinski definition) is 3. The van der Waals surface area contributed by atoms with Crippen LogP contribution < -0.4 is 0 Å². The van der Waals surface area contributed by atoms with Crippen LogP contribution in [0.1, 0.15) is 19.4 Å². The summed E-state index contributed by atoms with van der Waals surface area (Å²) in [6.07, 6.45) is -1.97. The molecule has 0 spiro atoms. The van der Waals surface area contributed by atoms with Gasteiger partial charge in [0.2, 0.25) is 10.0 Å². The van der Waals surface area contributed by atoms with E-state index in [0.29, 0.717) is 10.2 Å². The fraction of sp³-hybridized carbons (Fsp3) is 0.571. The molecular weight excluding hydrogens is 300 g/mol. The first-order valence-corrected chi connectivity index (χ1v) is 8.19. The van der Waals surface area contributed by atoms with Crippen molar-refractivity contribution >= 4 is 10.0 Å². The van der Waals surface area contributed by atoms with Crippen LogP contribution in [0.15, 0.2) is 29.2 Å². The third kappa shape index (κ3) is 5.33. The molecule has 0 aliphatic rings. The Morgan fingerprint density at radius 3 is 2.19 bits per heavy atom. The SMILES string of the molecule is CC(C)Cc1ccc(S(=O)(=O)N(CCO)CC(F)F)cc1. The molecule has 0 heterocycles. The van der Waals surface area contributed by atoms with Crippen LogP contribution in [0.25, 0.3) is 0 Å². The van der Waals surface area contributed by atoms with E-state index in [-0.39, 0.29) is 11.4 Å². The Labute approximate surface area is 124 Å². The topological polar surface area (TPSA) is 57.6 Å². The molecule has 1 rings (SSSR count). The second-order valence-corrected chi connectivity index (χ2v) is 7.16. The zero-order valence-electron chi connectivity index (χ0n) is 12.2. The number of halogens is 2. The summed E-state index contributed by atoms with van der Waals surface area (Å²) in [7, 11) is -4.01. The largest absolute Gasteiger partial charge is 0.395 e. The summed E-state index contributed by atoms with van der Waals surface area (Å²) in [5.74, 6) is 0.442. The van der Waals surface area contributed by atoms with E-state index < -0.39 is 29.6 Å². The third-order valence-electron chi connectivity index (χ3n) is 2.90. The summed E-state index contributed by atoms with van der Waals surface area (Å²) in [4.78, 5) is -0.0379. The molecule has 0 amide bonds. The van der Waals surface area contributed by atoms with Gasteiger partial charge in [0.1, 0.15) is 0 Å². The Morgan fingerprint density at radius 2 is 1.76 bits per heavy atom. The minimum absolute atomic E-state index is 0.0379. The Morgan fingerprint density at radius 1 is 1.19 bits per heavy atom. The summed E-state index contributed by atoms with van der Waals surface area (Å²) in [5.41, 5.74) is 0.992. The minimum Gasteiger partial charge on any atom is -0.395 e.